The molecule has 1 N–H and O–H groups in total. The first-order valence-corrected chi connectivity index (χ1v) is 9.29. The van der Waals surface area contributed by atoms with E-state index >= 15 is 0 Å². The second kappa shape index (κ2) is 7.13. The highest BCUT2D eigenvalue weighted by molar-refractivity contribution is 7.92. The van der Waals surface area contributed by atoms with E-state index in [0.717, 1.165) is 23.8 Å². The summed E-state index contributed by atoms with van der Waals surface area (Å²) in [5.41, 5.74) is 2.32. The van der Waals surface area contributed by atoms with Crippen LogP contribution >= 0.6 is 0 Å². The minimum absolute atomic E-state index is 0.00923. The zero-order chi connectivity index (χ0) is 17.1. The molecule has 0 unspecified atom stereocenters. The Bertz CT molecular complexity index is 641. The maximum absolute atomic E-state index is 12.4. The van der Waals surface area contributed by atoms with Crippen LogP contribution in [0.4, 0.5) is 5.69 Å². The Balaban J connectivity index is 3.25. The third-order valence-corrected chi connectivity index (χ3v) is 4.92. The second-order valence-corrected chi connectivity index (χ2v) is 7.70. The molecule has 0 aromatic heterocycles. The zero-order valence-corrected chi connectivity index (χ0v) is 15.0. The molecule has 0 spiro atoms. The molecular formula is C16H26N2O3S. The minimum Gasteiger partial charge on any atom is -0.352 e. The maximum Gasteiger partial charge on any atom is 0.243 e. The highest BCUT2D eigenvalue weighted by Crippen LogP contribution is 2.26. The second-order valence-electron chi connectivity index (χ2n) is 5.84. The van der Waals surface area contributed by atoms with Crippen molar-refractivity contribution < 1.29 is 13.2 Å². The summed E-state index contributed by atoms with van der Waals surface area (Å²) >= 11 is 0. The predicted molar refractivity (Wildman–Crippen MR) is 90.6 cm³/mol. The fraction of sp³-hybridized carbons (Fsp3) is 0.562. The Morgan fingerprint density at radius 3 is 2.36 bits per heavy atom. The summed E-state index contributed by atoms with van der Waals surface area (Å²) in [4.78, 5) is 12.4. The van der Waals surface area contributed by atoms with Crippen molar-refractivity contribution in [3.63, 3.8) is 0 Å². The van der Waals surface area contributed by atoms with Crippen LogP contribution in [0.15, 0.2) is 18.2 Å². The van der Waals surface area contributed by atoms with E-state index in [4.69, 9.17) is 0 Å². The zero-order valence-electron chi connectivity index (χ0n) is 14.2. The summed E-state index contributed by atoms with van der Waals surface area (Å²) in [7, 11) is -3.57. The van der Waals surface area contributed by atoms with Gasteiger partial charge in [0, 0.05) is 6.04 Å². The number of carbonyl (C=O) groups is 1. The van der Waals surface area contributed by atoms with E-state index in [2.05, 4.69) is 5.32 Å². The summed E-state index contributed by atoms with van der Waals surface area (Å²) in [5, 5.41) is 2.84. The third-order valence-electron chi connectivity index (χ3n) is 3.69. The van der Waals surface area contributed by atoms with Gasteiger partial charge in [-0.1, -0.05) is 19.1 Å². The first-order chi connectivity index (χ1) is 10.1. The quantitative estimate of drug-likeness (QED) is 0.873. The van der Waals surface area contributed by atoms with E-state index in [1.165, 1.54) is 4.31 Å². The van der Waals surface area contributed by atoms with Gasteiger partial charge in [-0.2, -0.15) is 0 Å². The molecule has 1 rings (SSSR count). The van der Waals surface area contributed by atoms with Crippen LogP contribution in [0, 0.1) is 13.8 Å². The number of hydrogen-bond donors (Lipinski definition) is 1. The Hall–Kier alpha value is -1.56. The van der Waals surface area contributed by atoms with Crippen LogP contribution in [0.5, 0.6) is 0 Å². The molecule has 0 aliphatic rings. The molecule has 0 aliphatic carbocycles. The Kier molecular flexibility index (Phi) is 6.00. The lowest BCUT2D eigenvalue weighted by Crippen LogP contribution is -2.50. The van der Waals surface area contributed by atoms with Crippen LogP contribution in [0.3, 0.4) is 0 Å². The standard InChI is InChI=1S/C16H26N2O3S/c1-7-13(4)17-16(19)14(5)18(22(6,20)21)15-10-11(2)8-9-12(15)3/h8-10,13-14H,7H2,1-6H3,(H,17,19)/t13-,14+/m1/s1. The molecular weight excluding hydrogens is 300 g/mol. The number of sulfonamides is 1. The van der Waals surface area contributed by atoms with Gasteiger partial charge in [0.1, 0.15) is 6.04 Å². The lowest BCUT2D eigenvalue weighted by atomic mass is 10.1. The van der Waals surface area contributed by atoms with Crippen LogP contribution in [-0.4, -0.2) is 32.7 Å². The molecule has 0 radical (unpaired) electrons. The van der Waals surface area contributed by atoms with Crippen molar-refractivity contribution in [2.24, 2.45) is 0 Å². The van der Waals surface area contributed by atoms with Gasteiger partial charge in [0.05, 0.1) is 11.9 Å². The largest absolute Gasteiger partial charge is 0.352 e. The first kappa shape index (κ1) is 18.5. The fourth-order valence-electron chi connectivity index (χ4n) is 2.20. The maximum atomic E-state index is 12.4. The Labute approximate surface area is 133 Å². The number of nitrogens with zero attached hydrogens (tertiary/aromatic N) is 1. The number of nitrogens with one attached hydrogen (secondary N) is 1. The van der Waals surface area contributed by atoms with E-state index < -0.39 is 16.1 Å². The summed E-state index contributed by atoms with van der Waals surface area (Å²) in [6, 6.07) is 4.79. The number of aryl methyl sites for hydroxylation is 2. The summed E-state index contributed by atoms with van der Waals surface area (Å²) in [6.07, 6.45) is 1.92. The van der Waals surface area contributed by atoms with Crippen LogP contribution in [-0.2, 0) is 14.8 Å². The predicted octanol–water partition coefficient (Wildman–Crippen LogP) is 2.37. The minimum atomic E-state index is -3.57. The van der Waals surface area contributed by atoms with Gasteiger partial charge in [-0.3, -0.25) is 9.10 Å². The van der Waals surface area contributed by atoms with Crippen molar-refractivity contribution >= 4 is 21.6 Å². The molecule has 6 heteroatoms. The highest BCUT2D eigenvalue weighted by Gasteiger charge is 2.30. The number of anilines is 1. The van der Waals surface area contributed by atoms with Gasteiger partial charge in [0.15, 0.2) is 0 Å². The van der Waals surface area contributed by atoms with Crippen LogP contribution in [0.2, 0.25) is 0 Å². The smallest absolute Gasteiger partial charge is 0.243 e. The number of rotatable bonds is 6. The average molecular weight is 326 g/mol. The van der Waals surface area contributed by atoms with Crippen molar-refractivity contribution in [1.82, 2.24) is 5.32 Å². The van der Waals surface area contributed by atoms with E-state index in [9.17, 15) is 13.2 Å². The molecule has 0 fully saturated rings. The topological polar surface area (TPSA) is 66.5 Å². The summed E-state index contributed by atoms with van der Waals surface area (Å²) < 4.78 is 25.7. The van der Waals surface area contributed by atoms with E-state index in [1.807, 2.05) is 39.8 Å². The van der Waals surface area contributed by atoms with E-state index in [0.29, 0.717) is 5.69 Å². The molecule has 2 atom stereocenters. The average Bonchev–Trinajstić information content (AvgIpc) is 2.41. The number of hydrogen-bond acceptors (Lipinski definition) is 3. The number of amides is 1. The summed E-state index contributed by atoms with van der Waals surface area (Å²) in [6.45, 7) is 9.21. The Morgan fingerprint density at radius 2 is 1.86 bits per heavy atom. The van der Waals surface area contributed by atoms with Gasteiger partial charge < -0.3 is 5.32 Å². The molecule has 22 heavy (non-hydrogen) atoms. The van der Waals surface area contributed by atoms with Crippen molar-refractivity contribution in [2.45, 2.75) is 53.1 Å². The Morgan fingerprint density at radius 1 is 1.27 bits per heavy atom. The van der Waals surface area contributed by atoms with E-state index in [1.54, 1.807) is 13.0 Å². The van der Waals surface area contributed by atoms with Crippen molar-refractivity contribution in [2.75, 3.05) is 10.6 Å². The molecule has 0 aliphatic heterocycles. The monoisotopic (exact) mass is 326 g/mol. The summed E-state index contributed by atoms with van der Waals surface area (Å²) in [5.74, 6) is -0.291. The lowest BCUT2D eigenvalue weighted by Gasteiger charge is -2.30. The molecule has 0 saturated carbocycles. The van der Waals surface area contributed by atoms with Gasteiger partial charge >= 0.3 is 0 Å². The van der Waals surface area contributed by atoms with Crippen molar-refractivity contribution in [3.05, 3.63) is 29.3 Å². The molecule has 0 heterocycles. The lowest BCUT2D eigenvalue weighted by molar-refractivity contribution is -0.122. The molecule has 124 valence electrons. The normalized spacial score (nSPS) is 14.3. The van der Waals surface area contributed by atoms with Gasteiger partial charge in [0.25, 0.3) is 0 Å². The number of carbonyl (C=O) groups excluding carboxylic acids is 1. The highest BCUT2D eigenvalue weighted by atomic mass is 32.2. The van der Waals surface area contributed by atoms with Crippen molar-refractivity contribution in [1.29, 1.82) is 0 Å². The van der Waals surface area contributed by atoms with Crippen LogP contribution < -0.4 is 9.62 Å². The third kappa shape index (κ3) is 4.47. The molecule has 0 saturated heterocycles. The van der Waals surface area contributed by atoms with Gasteiger partial charge in [-0.15, -0.1) is 0 Å². The van der Waals surface area contributed by atoms with Gasteiger partial charge in [-0.25, -0.2) is 8.42 Å². The van der Waals surface area contributed by atoms with Crippen molar-refractivity contribution in [3.8, 4) is 0 Å². The number of benzene rings is 1. The SMILES string of the molecule is CC[C@@H](C)NC(=O)[C@H](C)N(c1cc(C)ccc1C)S(C)(=O)=O. The molecule has 0 bridgehead atoms. The van der Waals surface area contributed by atoms with Crippen LogP contribution in [0.25, 0.3) is 0 Å². The first-order valence-electron chi connectivity index (χ1n) is 7.45. The van der Waals surface area contributed by atoms with Crippen LogP contribution in [0.1, 0.15) is 38.3 Å². The molecule has 1 amide bonds. The van der Waals surface area contributed by atoms with Gasteiger partial charge in [0.2, 0.25) is 15.9 Å². The van der Waals surface area contributed by atoms with Gasteiger partial charge in [-0.05, 0) is 51.3 Å². The molecule has 5 nitrogen and oxygen atoms in total. The molecule has 1 aromatic rings. The fourth-order valence-corrected chi connectivity index (χ4v) is 3.43. The molecule has 1 aromatic carbocycles. The van der Waals surface area contributed by atoms with E-state index in [-0.39, 0.29) is 11.9 Å².